The minimum absolute atomic E-state index is 0.227. The number of hydrogen-bond acceptors (Lipinski definition) is 1. The predicted octanol–water partition coefficient (Wildman–Crippen LogP) is 14.6. The van der Waals surface area contributed by atoms with Gasteiger partial charge < -0.3 is 0 Å². The summed E-state index contributed by atoms with van der Waals surface area (Å²) >= 11 is 0. The first-order valence-electron chi connectivity index (χ1n) is 19.4. The van der Waals surface area contributed by atoms with E-state index >= 15 is 0 Å². The molecule has 10 aromatic rings. The van der Waals surface area contributed by atoms with Crippen LogP contribution < -0.4 is 0 Å². The monoisotopic (exact) mass is 709 g/mol. The zero-order valence-corrected chi connectivity index (χ0v) is 30.7. The first-order valence-corrected chi connectivity index (χ1v) is 19.4. The second-order valence-electron chi connectivity index (χ2n) is 14.9. The number of hydrogen-bond donors (Lipinski definition) is 0. The molecule has 1 aliphatic rings. The predicted molar refractivity (Wildman–Crippen MR) is 236 cm³/mol. The smallest absolute Gasteiger partial charge is 0.117 e. The Labute approximate surface area is 326 Å². The average Bonchev–Trinajstić information content (AvgIpc) is 3.27. The summed E-state index contributed by atoms with van der Waals surface area (Å²) in [5.41, 5.74) is 13.0. The van der Waals surface area contributed by atoms with Gasteiger partial charge in [0.15, 0.2) is 0 Å². The summed E-state index contributed by atoms with van der Waals surface area (Å²) in [6.45, 7) is 0. The Balaban J connectivity index is 1.08. The van der Waals surface area contributed by atoms with Gasteiger partial charge in [-0.3, -0.25) is 0 Å². The Bertz CT molecular complexity index is 3150. The fourth-order valence-corrected chi connectivity index (χ4v) is 8.94. The molecule has 0 radical (unpaired) electrons. The molecule has 0 spiro atoms. The van der Waals surface area contributed by atoms with Crippen molar-refractivity contribution >= 4 is 54.5 Å². The maximum atomic E-state index is 5.12. The van der Waals surface area contributed by atoms with Crippen molar-refractivity contribution in [3.8, 4) is 33.4 Å². The van der Waals surface area contributed by atoms with Gasteiger partial charge in [-0.1, -0.05) is 170 Å². The Hall–Kier alpha value is -7.27. The zero-order valence-electron chi connectivity index (χ0n) is 30.7. The highest BCUT2D eigenvalue weighted by molar-refractivity contribution is 6.22. The lowest BCUT2D eigenvalue weighted by Gasteiger charge is -2.24. The minimum Gasteiger partial charge on any atom is -0.243 e. The molecule has 0 N–H and O–H groups in total. The van der Waals surface area contributed by atoms with Crippen molar-refractivity contribution in [3.63, 3.8) is 0 Å². The molecule has 11 rings (SSSR count). The molecule has 0 unspecified atom stereocenters. The maximum Gasteiger partial charge on any atom is 0.117 e. The van der Waals surface area contributed by atoms with E-state index in [4.69, 9.17) is 4.99 Å². The van der Waals surface area contributed by atoms with Crippen molar-refractivity contribution in [3.05, 3.63) is 223 Å². The summed E-state index contributed by atoms with van der Waals surface area (Å²) in [4.78, 5) is 5.12. The van der Waals surface area contributed by atoms with Crippen LogP contribution in [0.1, 0.15) is 29.0 Å². The van der Waals surface area contributed by atoms with Crippen molar-refractivity contribution in [1.29, 1.82) is 0 Å². The molecule has 1 heterocycles. The molecule has 260 valence electrons. The third-order valence-corrected chi connectivity index (χ3v) is 11.7. The topological polar surface area (TPSA) is 12.4 Å². The fourth-order valence-electron chi connectivity index (χ4n) is 8.94. The Kier molecular flexibility index (Phi) is 7.61. The number of aliphatic imine (C=N–C) groups is 1. The molecule has 0 fully saturated rings. The van der Waals surface area contributed by atoms with Crippen LogP contribution in [0.15, 0.2) is 199 Å². The molecule has 0 saturated carbocycles. The van der Waals surface area contributed by atoms with E-state index in [1.165, 1.54) is 87.6 Å². The fraction of sp³-hybridized carbons (Fsp3) is 0.0364. The van der Waals surface area contributed by atoms with Crippen molar-refractivity contribution in [1.82, 2.24) is 0 Å². The molecule has 1 atom stereocenters. The van der Waals surface area contributed by atoms with Crippen LogP contribution in [0.25, 0.3) is 76.5 Å². The lowest BCUT2D eigenvalue weighted by Crippen LogP contribution is -2.14. The first-order chi connectivity index (χ1) is 27.7. The van der Waals surface area contributed by atoms with Crippen LogP contribution in [0.4, 0.5) is 5.69 Å². The summed E-state index contributed by atoms with van der Waals surface area (Å²) < 4.78 is 0. The molecule has 1 aliphatic heterocycles. The number of benzene rings is 9. The molecular weight excluding hydrogens is 675 g/mol. The molecule has 1 heteroatoms. The van der Waals surface area contributed by atoms with Crippen molar-refractivity contribution in [2.75, 3.05) is 0 Å². The van der Waals surface area contributed by atoms with Gasteiger partial charge in [0.1, 0.15) is 5.69 Å². The first kappa shape index (κ1) is 32.2. The molecule has 0 amide bonds. The summed E-state index contributed by atoms with van der Waals surface area (Å²) in [6.07, 6.45) is 0.837. The summed E-state index contributed by atoms with van der Waals surface area (Å²) in [7, 11) is 0. The molecule has 10 aromatic carbocycles. The largest absolute Gasteiger partial charge is 0.243 e. The van der Waals surface area contributed by atoms with Gasteiger partial charge in [-0.15, -0.1) is 0 Å². The van der Waals surface area contributed by atoms with Gasteiger partial charge >= 0.3 is 0 Å². The summed E-state index contributed by atoms with van der Waals surface area (Å²) in [5, 5.41) is 9.99. The van der Waals surface area contributed by atoms with Crippen molar-refractivity contribution in [2.45, 2.75) is 12.3 Å². The third kappa shape index (κ3) is 5.46. The van der Waals surface area contributed by atoms with Crippen molar-refractivity contribution in [2.24, 2.45) is 4.99 Å². The maximum absolute atomic E-state index is 5.12. The Morgan fingerprint density at radius 2 is 0.946 bits per heavy atom. The normalized spacial score (nSPS) is 13.8. The highest BCUT2D eigenvalue weighted by atomic mass is 14.8. The Morgan fingerprint density at radius 1 is 0.411 bits per heavy atom. The van der Waals surface area contributed by atoms with Crippen LogP contribution in [0.2, 0.25) is 0 Å². The molecule has 56 heavy (non-hydrogen) atoms. The van der Waals surface area contributed by atoms with Crippen LogP contribution in [0, 0.1) is 12.1 Å². The highest BCUT2D eigenvalue weighted by Gasteiger charge is 2.25. The van der Waals surface area contributed by atoms with Crippen molar-refractivity contribution < 1.29 is 0 Å². The second kappa shape index (κ2) is 13.2. The summed E-state index contributed by atoms with van der Waals surface area (Å²) in [6, 6.07) is 77.4. The molecule has 0 aliphatic carbocycles. The number of rotatable bonds is 5. The average molecular weight is 710 g/mol. The molecular formula is C55H35N. The van der Waals surface area contributed by atoms with Gasteiger partial charge in [0.25, 0.3) is 0 Å². The van der Waals surface area contributed by atoms with Crippen LogP contribution >= 0.6 is 0 Å². The van der Waals surface area contributed by atoms with Gasteiger partial charge in [0.2, 0.25) is 0 Å². The van der Waals surface area contributed by atoms with Gasteiger partial charge in [0.05, 0.1) is 5.71 Å². The zero-order chi connectivity index (χ0) is 37.0. The van der Waals surface area contributed by atoms with Gasteiger partial charge in [0, 0.05) is 12.3 Å². The highest BCUT2D eigenvalue weighted by Crippen LogP contribution is 2.46. The van der Waals surface area contributed by atoms with E-state index in [-0.39, 0.29) is 5.92 Å². The summed E-state index contributed by atoms with van der Waals surface area (Å²) in [5.74, 6) is 0.227. The van der Waals surface area contributed by atoms with Gasteiger partial charge in [-0.25, -0.2) is 4.99 Å². The van der Waals surface area contributed by atoms with Gasteiger partial charge in [-0.2, -0.15) is 0 Å². The molecule has 1 nitrogen and oxygen atoms in total. The SMILES string of the molecule is c1ccc2c(c#1)N=C(c1ccc(-c3ccc4c(-c5ccc6ccccc6c5)c5ccccc5c(-c5ccc6ccccc6c5)c4c3)cc1)C[C@@H]2c1ccccc1. The number of nitrogens with zero attached hydrogens (tertiary/aromatic N) is 1. The van der Waals surface area contributed by atoms with E-state index in [2.05, 4.69) is 200 Å². The Morgan fingerprint density at radius 3 is 1.62 bits per heavy atom. The number of fused-ring (bicyclic) bond motifs is 5. The molecule has 0 aromatic heterocycles. The second-order valence-corrected chi connectivity index (χ2v) is 14.9. The van der Waals surface area contributed by atoms with Crippen LogP contribution in [0.5, 0.6) is 0 Å². The quantitative estimate of drug-likeness (QED) is 0.158. The van der Waals surface area contributed by atoms with E-state index in [1.54, 1.807) is 0 Å². The molecule has 0 saturated heterocycles. The van der Waals surface area contributed by atoms with E-state index in [0.29, 0.717) is 0 Å². The van der Waals surface area contributed by atoms with Crippen LogP contribution in [0.3, 0.4) is 0 Å². The third-order valence-electron chi connectivity index (χ3n) is 11.7. The van der Waals surface area contributed by atoms with E-state index < -0.39 is 0 Å². The van der Waals surface area contributed by atoms with E-state index in [9.17, 15) is 0 Å². The molecule has 0 bridgehead atoms. The minimum atomic E-state index is 0.227. The lowest BCUT2D eigenvalue weighted by molar-refractivity contribution is 0.841. The van der Waals surface area contributed by atoms with Crippen LogP contribution in [-0.2, 0) is 0 Å². The van der Waals surface area contributed by atoms with E-state index in [1.807, 2.05) is 6.07 Å². The lowest BCUT2D eigenvalue weighted by atomic mass is 9.82. The van der Waals surface area contributed by atoms with E-state index in [0.717, 1.165) is 23.4 Å². The van der Waals surface area contributed by atoms with Gasteiger partial charge in [-0.05, 0) is 130 Å². The standard InChI is InChI=1S/C55H35N/c1-2-14-39(15-3-1)50-35-53(56-52-21-11-10-18-46(50)52)40-26-22-38(23-27-40)43-30-31-49-51(34-43)55(45-29-25-37-13-5-7-17-42(37)33-45)48-20-9-8-19-47(48)54(49)44-28-24-36-12-4-6-16-41(36)32-44/h1-10,12-20,22-34,50H,35H2/t50-/m1/s1. The van der Waals surface area contributed by atoms with Crippen LogP contribution in [-0.4, -0.2) is 5.71 Å².